The van der Waals surface area contributed by atoms with Gasteiger partial charge in [0.15, 0.2) is 0 Å². The third-order valence-electron chi connectivity index (χ3n) is 4.50. The minimum absolute atomic E-state index is 0.103. The molecule has 2 heterocycles. The number of hydrogen-bond acceptors (Lipinski definition) is 4. The minimum atomic E-state index is -0.695. The van der Waals surface area contributed by atoms with Gasteiger partial charge in [0.05, 0.1) is 29.9 Å². The number of fused-ring (bicyclic) bond motifs is 1. The summed E-state index contributed by atoms with van der Waals surface area (Å²) < 4.78 is 7.03. The summed E-state index contributed by atoms with van der Waals surface area (Å²) >= 11 is 5.98. The Morgan fingerprint density at radius 1 is 1.17 bits per heavy atom. The highest BCUT2D eigenvalue weighted by molar-refractivity contribution is 6.30. The quantitative estimate of drug-likeness (QED) is 0.622. The zero-order valence-corrected chi connectivity index (χ0v) is 17.2. The molecule has 7 nitrogen and oxygen atoms in total. The summed E-state index contributed by atoms with van der Waals surface area (Å²) in [6.45, 7) is 3.99. The fraction of sp³-hybridized carbons (Fsp3) is 0.286. The lowest BCUT2D eigenvalue weighted by Crippen LogP contribution is -2.49. The molecule has 3 aromatic rings. The maximum absolute atomic E-state index is 12.7. The van der Waals surface area contributed by atoms with Gasteiger partial charge in [-0.3, -0.25) is 9.59 Å². The number of benzene rings is 1. The average molecular weight is 415 g/mol. The van der Waals surface area contributed by atoms with Crippen LogP contribution in [0, 0.1) is 5.92 Å². The van der Waals surface area contributed by atoms with Crippen molar-refractivity contribution in [1.82, 2.24) is 20.0 Å². The molecule has 0 fully saturated rings. The maximum Gasteiger partial charge on any atom is 0.255 e. The van der Waals surface area contributed by atoms with E-state index in [9.17, 15) is 9.59 Å². The van der Waals surface area contributed by atoms with Gasteiger partial charge < -0.3 is 19.8 Å². The molecule has 0 aliphatic heterocycles. The number of hydrogen-bond donors (Lipinski definition) is 2. The van der Waals surface area contributed by atoms with E-state index in [1.54, 1.807) is 53.2 Å². The van der Waals surface area contributed by atoms with Crippen LogP contribution >= 0.6 is 11.6 Å². The van der Waals surface area contributed by atoms with Crippen LogP contribution in [0.15, 0.2) is 48.8 Å². The van der Waals surface area contributed by atoms with Crippen molar-refractivity contribution < 1.29 is 14.3 Å². The third-order valence-corrected chi connectivity index (χ3v) is 4.72. The highest BCUT2D eigenvalue weighted by Crippen LogP contribution is 2.18. The second-order valence-electron chi connectivity index (χ2n) is 6.96. The number of methoxy groups -OCH3 is 1. The van der Waals surface area contributed by atoms with Gasteiger partial charge in [-0.25, -0.2) is 4.98 Å². The Labute approximate surface area is 174 Å². The maximum atomic E-state index is 12.7. The molecule has 1 unspecified atom stereocenters. The lowest BCUT2D eigenvalue weighted by molar-refractivity contribution is -0.124. The molecule has 2 amide bonds. The number of para-hydroxylation sites is 1. The van der Waals surface area contributed by atoms with Gasteiger partial charge in [-0.1, -0.05) is 37.6 Å². The largest absolute Gasteiger partial charge is 0.496 e. The Bertz CT molecular complexity index is 1030. The Morgan fingerprint density at radius 3 is 2.66 bits per heavy atom. The fourth-order valence-electron chi connectivity index (χ4n) is 2.98. The van der Waals surface area contributed by atoms with E-state index in [0.717, 1.165) is 5.65 Å². The number of ether oxygens (including phenoxy) is 1. The lowest BCUT2D eigenvalue weighted by atomic mass is 10.0. The summed E-state index contributed by atoms with van der Waals surface area (Å²) in [4.78, 5) is 29.9. The zero-order chi connectivity index (χ0) is 21.0. The van der Waals surface area contributed by atoms with Crippen LogP contribution in [0.1, 0.15) is 29.9 Å². The third kappa shape index (κ3) is 4.86. The molecule has 2 N–H and O–H groups in total. The van der Waals surface area contributed by atoms with Crippen molar-refractivity contribution in [3.05, 3.63) is 65.1 Å². The first kappa shape index (κ1) is 20.7. The van der Waals surface area contributed by atoms with E-state index in [1.165, 1.54) is 7.11 Å². The van der Waals surface area contributed by atoms with E-state index in [-0.39, 0.29) is 24.3 Å². The first-order chi connectivity index (χ1) is 13.9. The van der Waals surface area contributed by atoms with Gasteiger partial charge in [0, 0.05) is 12.4 Å². The highest BCUT2D eigenvalue weighted by atomic mass is 35.5. The van der Waals surface area contributed by atoms with Crippen LogP contribution in [0.2, 0.25) is 5.02 Å². The van der Waals surface area contributed by atoms with Gasteiger partial charge >= 0.3 is 0 Å². The van der Waals surface area contributed by atoms with Gasteiger partial charge in [-0.2, -0.15) is 0 Å². The Balaban J connectivity index is 1.68. The molecule has 0 radical (unpaired) electrons. The van der Waals surface area contributed by atoms with Crippen LogP contribution in [0.25, 0.3) is 5.65 Å². The zero-order valence-electron chi connectivity index (χ0n) is 16.5. The topological polar surface area (TPSA) is 84.7 Å². The van der Waals surface area contributed by atoms with Gasteiger partial charge in [0.25, 0.3) is 5.91 Å². The van der Waals surface area contributed by atoms with Gasteiger partial charge in [-0.05, 0) is 30.2 Å². The summed E-state index contributed by atoms with van der Waals surface area (Å²) in [5.74, 6) is -0.290. The van der Waals surface area contributed by atoms with Crippen molar-refractivity contribution in [2.24, 2.45) is 5.92 Å². The molecule has 0 bridgehead atoms. The van der Waals surface area contributed by atoms with E-state index in [1.807, 2.05) is 13.8 Å². The SMILES string of the molecule is COc1ccccc1C(=O)NC(C(=O)NCc1cn2cc(Cl)ccc2n1)C(C)C. The summed E-state index contributed by atoms with van der Waals surface area (Å²) in [6, 6.07) is 9.76. The van der Waals surface area contributed by atoms with Crippen LogP contribution < -0.4 is 15.4 Å². The molecule has 1 atom stereocenters. The van der Waals surface area contributed by atoms with Crippen molar-refractivity contribution in [3.63, 3.8) is 0 Å². The first-order valence-corrected chi connectivity index (χ1v) is 9.61. The predicted octanol–water partition coefficient (Wildman–Crippen LogP) is 3.07. The second-order valence-corrected chi connectivity index (χ2v) is 7.39. The number of amides is 2. The van der Waals surface area contributed by atoms with Gasteiger partial charge in [0.1, 0.15) is 17.4 Å². The number of aromatic nitrogens is 2. The normalized spacial score (nSPS) is 12.0. The predicted molar refractivity (Wildman–Crippen MR) is 111 cm³/mol. The number of halogens is 1. The monoisotopic (exact) mass is 414 g/mol. The summed E-state index contributed by atoms with van der Waals surface area (Å²) in [5.41, 5.74) is 1.81. The van der Waals surface area contributed by atoms with E-state index in [4.69, 9.17) is 16.3 Å². The summed E-state index contributed by atoms with van der Waals surface area (Å²) in [6.07, 6.45) is 3.55. The Kier molecular flexibility index (Phi) is 6.39. The smallest absolute Gasteiger partial charge is 0.255 e. The number of nitrogens with zero attached hydrogens (tertiary/aromatic N) is 2. The molecule has 152 valence electrons. The van der Waals surface area contributed by atoms with Crippen molar-refractivity contribution in [1.29, 1.82) is 0 Å². The fourth-order valence-corrected chi connectivity index (χ4v) is 3.14. The molecule has 3 rings (SSSR count). The van der Waals surface area contributed by atoms with Gasteiger partial charge in [-0.15, -0.1) is 0 Å². The minimum Gasteiger partial charge on any atom is -0.496 e. The molecule has 0 aliphatic rings. The van der Waals surface area contributed by atoms with Crippen molar-refractivity contribution >= 4 is 29.1 Å². The number of pyridine rings is 1. The molecule has 0 saturated carbocycles. The summed E-state index contributed by atoms with van der Waals surface area (Å²) in [5, 5.41) is 6.25. The Morgan fingerprint density at radius 2 is 1.93 bits per heavy atom. The number of rotatable bonds is 7. The van der Waals surface area contributed by atoms with E-state index in [2.05, 4.69) is 15.6 Å². The summed E-state index contributed by atoms with van der Waals surface area (Å²) in [7, 11) is 1.50. The molecule has 0 aliphatic carbocycles. The second kappa shape index (κ2) is 8.96. The standard InChI is InChI=1S/C21H23ClN4O3/c1-13(2)19(25-20(27)16-6-4-5-7-17(16)29-3)21(28)23-10-15-12-26-11-14(22)8-9-18(26)24-15/h4-9,11-13,19H,10H2,1-3H3,(H,23,28)(H,25,27). The number of nitrogens with one attached hydrogen (secondary N) is 2. The highest BCUT2D eigenvalue weighted by Gasteiger charge is 2.25. The van der Waals surface area contributed by atoms with Crippen LogP contribution in [-0.2, 0) is 11.3 Å². The molecular weight excluding hydrogens is 392 g/mol. The molecular formula is C21H23ClN4O3. The van der Waals surface area contributed by atoms with E-state index in [0.29, 0.717) is 22.0 Å². The number of imidazole rings is 1. The lowest BCUT2D eigenvalue weighted by Gasteiger charge is -2.22. The van der Waals surface area contributed by atoms with Crippen LogP contribution in [0.5, 0.6) is 5.75 Å². The number of carbonyl (C=O) groups is 2. The molecule has 0 saturated heterocycles. The average Bonchev–Trinajstić information content (AvgIpc) is 3.11. The van der Waals surface area contributed by atoms with Crippen LogP contribution in [0.3, 0.4) is 0 Å². The van der Waals surface area contributed by atoms with Crippen LogP contribution in [-0.4, -0.2) is 34.4 Å². The molecule has 0 spiro atoms. The molecule has 8 heteroatoms. The van der Waals surface area contributed by atoms with Crippen LogP contribution in [0.4, 0.5) is 0 Å². The van der Waals surface area contributed by atoms with Crippen molar-refractivity contribution in [2.45, 2.75) is 26.4 Å². The van der Waals surface area contributed by atoms with Crippen molar-refractivity contribution in [2.75, 3.05) is 7.11 Å². The first-order valence-electron chi connectivity index (χ1n) is 9.23. The van der Waals surface area contributed by atoms with E-state index >= 15 is 0 Å². The Hall–Kier alpha value is -3.06. The molecule has 1 aromatic carbocycles. The van der Waals surface area contributed by atoms with Gasteiger partial charge in [0.2, 0.25) is 5.91 Å². The van der Waals surface area contributed by atoms with Crippen molar-refractivity contribution in [3.8, 4) is 5.75 Å². The molecule has 29 heavy (non-hydrogen) atoms. The van der Waals surface area contributed by atoms with E-state index < -0.39 is 6.04 Å². The number of carbonyl (C=O) groups excluding carboxylic acids is 2. The molecule has 2 aromatic heterocycles.